The molecule has 0 spiro atoms. The molecule has 1 saturated heterocycles. The Morgan fingerprint density at radius 2 is 1.60 bits per heavy atom. The Morgan fingerprint density at radius 3 is 2.23 bits per heavy atom. The van der Waals surface area contributed by atoms with Crippen LogP contribution in [0.5, 0.6) is 0 Å². The lowest BCUT2D eigenvalue weighted by Gasteiger charge is -2.32. The largest absolute Gasteiger partial charge is 0.478 e. The number of hydrogen-bond donors (Lipinski definition) is 2. The zero-order valence-corrected chi connectivity index (χ0v) is 23.1. The van der Waals surface area contributed by atoms with Gasteiger partial charge in [0.1, 0.15) is 0 Å². The van der Waals surface area contributed by atoms with Gasteiger partial charge in [0.25, 0.3) is 0 Å². The number of carbonyl (C=O) groups excluding carboxylic acids is 2. The lowest BCUT2D eigenvalue weighted by Crippen LogP contribution is -2.33. The summed E-state index contributed by atoms with van der Waals surface area (Å²) in [7, 11) is 0. The second-order valence-electron chi connectivity index (χ2n) is 10.9. The van der Waals surface area contributed by atoms with Gasteiger partial charge >= 0.3 is 11.9 Å². The molecule has 8 heteroatoms. The molecule has 5 rings (SSSR count). The summed E-state index contributed by atoms with van der Waals surface area (Å²) >= 11 is 0. The van der Waals surface area contributed by atoms with E-state index in [-0.39, 0.29) is 5.91 Å². The molecular weight excluding hydrogens is 508 g/mol. The average molecular weight is 547 g/mol. The van der Waals surface area contributed by atoms with Crippen molar-refractivity contribution in [3.05, 3.63) is 76.9 Å². The highest BCUT2D eigenvalue weighted by Crippen LogP contribution is 2.46. The quantitative estimate of drug-likeness (QED) is 0.351. The number of rotatable bonds is 8. The molecule has 2 heterocycles. The normalized spacial score (nSPS) is 18.6. The maximum absolute atomic E-state index is 13.2. The maximum atomic E-state index is 13.2. The molecule has 2 aromatic rings. The molecule has 1 amide bonds. The molecule has 2 aliphatic heterocycles. The summed E-state index contributed by atoms with van der Waals surface area (Å²) in [5.74, 6) is -1.03. The molecule has 212 valence electrons. The highest BCUT2D eigenvalue weighted by molar-refractivity contribution is 6.01. The first-order valence-electron chi connectivity index (χ1n) is 14.1. The van der Waals surface area contributed by atoms with E-state index in [9.17, 15) is 19.2 Å². The van der Waals surface area contributed by atoms with Crippen LogP contribution in [0.1, 0.15) is 78.4 Å². The molecule has 2 N–H and O–H groups in total. The first-order chi connectivity index (χ1) is 19.2. The minimum atomic E-state index is -1.26. The van der Waals surface area contributed by atoms with Crippen molar-refractivity contribution >= 4 is 29.3 Å². The van der Waals surface area contributed by atoms with Crippen molar-refractivity contribution in [3.8, 4) is 0 Å². The van der Waals surface area contributed by atoms with Crippen LogP contribution in [-0.4, -0.2) is 58.4 Å². The fourth-order valence-corrected chi connectivity index (χ4v) is 6.23. The Labute approximate surface area is 235 Å². The number of likely N-dealkylation sites (tertiary alicyclic amines) is 1. The predicted molar refractivity (Wildman–Crippen MR) is 153 cm³/mol. The van der Waals surface area contributed by atoms with Gasteiger partial charge in [-0.3, -0.25) is 14.5 Å². The third-order valence-electron chi connectivity index (χ3n) is 8.20. The molecule has 8 nitrogen and oxygen atoms in total. The van der Waals surface area contributed by atoms with Gasteiger partial charge in [-0.1, -0.05) is 30.3 Å². The number of ketones is 1. The molecular formula is C32H38N2O6. The van der Waals surface area contributed by atoms with Gasteiger partial charge in [-0.2, -0.15) is 0 Å². The van der Waals surface area contributed by atoms with E-state index in [0.717, 1.165) is 63.1 Å². The standard InChI is InChI=1S/C28H34N2O2.C4H4O4/c1-20(31)30-19-23-8-5-9-25-24(11-12-26(30)28(23)25)27(32)13-10-21-14-16-29(17-15-21)18-22-6-3-2-4-7-22;5-3(6)1-2-4(7)8/h2-4,6-7,11-12,21,23H,5,8-10,13-19H2,1H3;1-2H,(H,5,6)(H,7,8)/b;2-1+. The minimum Gasteiger partial charge on any atom is -0.478 e. The fourth-order valence-electron chi connectivity index (χ4n) is 6.23. The fraction of sp³-hybridized carbons (Fsp3) is 0.438. The second-order valence-corrected chi connectivity index (χ2v) is 10.9. The lowest BCUT2D eigenvalue weighted by molar-refractivity contribution is -0.134. The van der Waals surface area contributed by atoms with Crippen LogP contribution in [0, 0.1) is 5.92 Å². The molecule has 2 aromatic carbocycles. The summed E-state index contributed by atoms with van der Waals surface area (Å²) in [5.41, 5.74) is 5.91. The molecule has 1 atom stereocenters. The summed E-state index contributed by atoms with van der Waals surface area (Å²) in [6.45, 7) is 5.72. The number of anilines is 1. The van der Waals surface area contributed by atoms with Crippen LogP contribution in [0.2, 0.25) is 0 Å². The number of benzene rings is 2. The van der Waals surface area contributed by atoms with Gasteiger partial charge in [0.05, 0.1) is 0 Å². The number of piperidine rings is 1. The molecule has 0 aromatic heterocycles. The number of aliphatic carboxylic acids is 2. The number of amides is 1. The monoisotopic (exact) mass is 546 g/mol. The van der Waals surface area contributed by atoms with Gasteiger partial charge < -0.3 is 15.1 Å². The van der Waals surface area contributed by atoms with Crippen LogP contribution >= 0.6 is 0 Å². The van der Waals surface area contributed by atoms with Gasteiger partial charge in [-0.25, -0.2) is 9.59 Å². The summed E-state index contributed by atoms with van der Waals surface area (Å²) < 4.78 is 0. The van der Waals surface area contributed by atoms with E-state index >= 15 is 0 Å². The van der Waals surface area contributed by atoms with Gasteiger partial charge in [0, 0.05) is 55.8 Å². The van der Waals surface area contributed by atoms with E-state index < -0.39 is 11.9 Å². The number of carboxylic acids is 2. The Hall–Kier alpha value is -3.78. The van der Waals surface area contributed by atoms with Crippen molar-refractivity contribution in [1.29, 1.82) is 0 Å². The van der Waals surface area contributed by atoms with Gasteiger partial charge in [0.15, 0.2) is 5.78 Å². The third-order valence-corrected chi connectivity index (χ3v) is 8.20. The van der Waals surface area contributed by atoms with Crippen LogP contribution in [0.3, 0.4) is 0 Å². The first kappa shape index (κ1) is 29.2. The van der Waals surface area contributed by atoms with Crippen LogP contribution in [0.4, 0.5) is 5.69 Å². The van der Waals surface area contributed by atoms with E-state index in [4.69, 9.17) is 10.2 Å². The smallest absolute Gasteiger partial charge is 0.328 e. The Balaban J connectivity index is 0.000000406. The molecule has 40 heavy (non-hydrogen) atoms. The zero-order chi connectivity index (χ0) is 28.6. The van der Waals surface area contributed by atoms with E-state index in [1.807, 2.05) is 17.0 Å². The number of hydrogen-bond acceptors (Lipinski definition) is 5. The average Bonchev–Trinajstić information content (AvgIpc) is 3.33. The highest BCUT2D eigenvalue weighted by atomic mass is 16.4. The molecule has 1 fully saturated rings. The van der Waals surface area contributed by atoms with Crippen molar-refractivity contribution < 1.29 is 29.4 Å². The van der Waals surface area contributed by atoms with Crippen molar-refractivity contribution in [1.82, 2.24) is 4.90 Å². The zero-order valence-electron chi connectivity index (χ0n) is 23.1. The van der Waals surface area contributed by atoms with Gasteiger partial charge in [-0.15, -0.1) is 0 Å². The highest BCUT2D eigenvalue weighted by Gasteiger charge is 2.36. The number of Topliss-reactive ketones (excluding diaryl/α,β-unsaturated/α-hetero) is 1. The van der Waals surface area contributed by atoms with Crippen molar-refractivity contribution in [2.24, 2.45) is 5.92 Å². The first-order valence-corrected chi connectivity index (χ1v) is 14.1. The third kappa shape index (κ3) is 7.45. The lowest BCUT2D eigenvalue weighted by atomic mass is 9.80. The molecule has 3 aliphatic rings. The van der Waals surface area contributed by atoms with E-state index in [1.165, 1.54) is 29.5 Å². The molecule has 1 unspecified atom stereocenters. The Bertz CT molecular complexity index is 1250. The summed E-state index contributed by atoms with van der Waals surface area (Å²) in [6.07, 6.45) is 8.36. The van der Waals surface area contributed by atoms with Crippen LogP contribution in [0.15, 0.2) is 54.6 Å². The SMILES string of the molecule is CC(=O)N1CC2CCCc3c(C(=O)CCC4CCN(Cc5ccccc5)CC4)ccc1c32.O=C(O)/C=C/C(=O)O. The van der Waals surface area contributed by atoms with Gasteiger partial charge in [-0.05, 0) is 86.4 Å². The molecule has 0 radical (unpaired) electrons. The topological polar surface area (TPSA) is 115 Å². The van der Waals surface area contributed by atoms with E-state index in [2.05, 4.69) is 35.2 Å². The van der Waals surface area contributed by atoms with Gasteiger partial charge in [0.2, 0.25) is 5.91 Å². The summed E-state index contributed by atoms with van der Waals surface area (Å²) in [5, 5.41) is 15.6. The minimum absolute atomic E-state index is 0.110. The Morgan fingerprint density at radius 1 is 0.925 bits per heavy atom. The Kier molecular flexibility index (Phi) is 9.88. The van der Waals surface area contributed by atoms with Crippen LogP contribution in [0.25, 0.3) is 0 Å². The van der Waals surface area contributed by atoms with Crippen molar-refractivity contribution in [3.63, 3.8) is 0 Å². The maximum Gasteiger partial charge on any atom is 0.328 e. The van der Waals surface area contributed by atoms with Crippen LogP contribution in [-0.2, 0) is 27.3 Å². The second kappa shape index (κ2) is 13.5. The van der Waals surface area contributed by atoms with E-state index in [1.54, 1.807) is 6.92 Å². The molecule has 1 aliphatic carbocycles. The van der Waals surface area contributed by atoms with Crippen molar-refractivity contribution in [2.45, 2.75) is 64.3 Å². The summed E-state index contributed by atoms with van der Waals surface area (Å²) in [4.78, 5) is 48.9. The molecule has 0 bridgehead atoms. The molecule has 0 saturated carbocycles. The number of carbonyl (C=O) groups is 4. The van der Waals surface area contributed by atoms with E-state index in [0.29, 0.717) is 36.2 Å². The van der Waals surface area contributed by atoms with Crippen LogP contribution < -0.4 is 4.90 Å². The number of carboxylic acid groups (broad SMARTS) is 2. The van der Waals surface area contributed by atoms with Crippen molar-refractivity contribution in [2.75, 3.05) is 24.5 Å². The number of nitrogens with zero attached hydrogens (tertiary/aromatic N) is 2. The summed E-state index contributed by atoms with van der Waals surface area (Å²) in [6, 6.07) is 14.7. The predicted octanol–water partition coefficient (Wildman–Crippen LogP) is 5.06.